The van der Waals surface area contributed by atoms with Gasteiger partial charge in [-0.25, -0.2) is 0 Å². The van der Waals surface area contributed by atoms with Crippen molar-refractivity contribution in [3.05, 3.63) is 58.2 Å². The van der Waals surface area contributed by atoms with Gasteiger partial charge in [0.05, 0.1) is 10.6 Å². The lowest BCUT2D eigenvalue weighted by Gasteiger charge is -2.05. The molecule has 0 aromatic heterocycles. The molecule has 0 aliphatic rings. The number of phenols is 1. The lowest BCUT2D eigenvalue weighted by Crippen LogP contribution is -2.08. The van der Waals surface area contributed by atoms with E-state index in [0.717, 1.165) is 18.2 Å². The first-order chi connectivity index (χ1) is 10.9. The van der Waals surface area contributed by atoms with E-state index in [0.29, 0.717) is 16.9 Å². The first-order valence-electron chi connectivity index (χ1n) is 6.48. The molecule has 0 aliphatic carbocycles. The van der Waals surface area contributed by atoms with Crippen molar-refractivity contribution in [1.82, 2.24) is 0 Å². The van der Waals surface area contributed by atoms with E-state index in [4.69, 9.17) is 11.5 Å². The Morgan fingerprint density at radius 1 is 1.22 bits per heavy atom. The van der Waals surface area contributed by atoms with Gasteiger partial charge in [-0.05, 0) is 35.9 Å². The molecule has 0 bridgehead atoms. The van der Waals surface area contributed by atoms with Crippen LogP contribution < -0.4 is 16.8 Å². The number of nitrogen functional groups attached to an aromatic ring is 2. The third kappa shape index (κ3) is 3.97. The fourth-order valence-corrected chi connectivity index (χ4v) is 1.82. The third-order valence-corrected chi connectivity index (χ3v) is 2.97. The van der Waals surface area contributed by atoms with Crippen molar-refractivity contribution >= 4 is 34.7 Å². The first kappa shape index (κ1) is 15.8. The molecule has 0 radical (unpaired) electrons. The van der Waals surface area contributed by atoms with E-state index in [1.54, 1.807) is 18.2 Å². The van der Waals surface area contributed by atoms with Crippen LogP contribution in [0, 0.1) is 10.1 Å². The highest BCUT2D eigenvalue weighted by Crippen LogP contribution is 2.27. The minimum atomic E-state index is -0.627. The summed E-state index contributed by atoms with van der Waals surface area (Å²) in [7, 11) is 0. The molecule has 2 rings (SSSR count). The van der Waals surface area contributed by atoms with Crippen LogP contribution in [0.1, 0.15) is 5.56 Å². The van der Waals surface area contributed by atoms with Gasteiger partial charge in [-0.15, -0.1) is 0 Å². The smallest absolute Gasteiger partial charge is 0.271 e. The molecule has 0 heterocycles. The Bertz CT molecular complexity index is 802. The number of nitrogens with one attached hydrogen (secondary N) is 1. The second-order valence-electron chi connectivity index (χ2n) is 4.67. The lowest BCUT2D eigenvalue weighted by molar-refractivity contribution is -0.384. The molecule has 1 amide bonds. The quantitative estimate of drug-likeness (QED) is 0.223. The molecule has 0 spiro atoms. The van der Waals surface area contributed by atoms with Crippen LogP contribution in [0.4, 0.5) is 22.7 Å². The fraction of sp³-hybridized carbons (Fsp3) is 0. The molecule has 118 valence electrons. The minimum absolute atomic E-state index is 0.0607. The Morgan fingerprint density at radius 2 is 1.96 bits per heavy atom. The number of hydrogen-bond donors (Lipinski definition) is 4. The van der Waals surface area contributed by atoms with E-state index in [-0.39, 0.29) is 17.1 Å². The number of amides is 1. The maximum absolute atomic E-state index is 11.9. The van der Waals surface area contributed by atoms with Gasteiger partial charge in [0.2, 0.25) is 5.91 Å². The summed E-state index contributed by atoms with van der Waals surface area (Å²) in [6, 6.07) is 8.18. The number of phenolic OH excluding ortho intramolecular Hbond substituents is 1. The molecule has 2 aromatic carbocycles. The Labute approximate surface area is 131 Å². The molecule has 0 unspecified atom stereocenters. The highest BCUT2D eigenvalue weighted by atomic mass is 16.6. The Balaban J connectivity index is 2.16. The Hall–Kier alpha value is -3.55. The van der Waals surface area contributed by atoms with Crippen LogP contribution in [-0.2, 0) is 4.79 Å². The van der Waals surface area contributed by atoms with Crippen LogP contribution in [-0.4, -0.2) is 15.9 Å². The molecule has 0 fully saturated rings. The number of carbonyl (C=O) groups excluding carboxylic acids is 1. The normalized spacial score (nSPS) is 10.6. The number of aromatic hydroxyl groups is 1. The number of benzene rings is 2. The highest BCUT2D eigenvalue weighted by Gasteiger charge is 2.11. The number of carbonyl (C=O) groups is 1. The van der Waals surface area contributed by atoms with Gasteiger partial charge >= 0.3 is 0 Å². The molecule has 23 heavy (non-hydrogen) atoms. The zero-order chi connectivity index (χ0) is 17.0. The third-order valence-electron chi connectivity index (χ3n) is 2.97. The fourth-order valence-electron chi connectivity index (χ4n) is 1.82. The Kier molecular flexibility index (Phi) is 4.46. The van der Waals surface area contributed by atoms with Crippen molar-refractivity contribution in [2.45, 2.75) is 0 Å². The van der Waals surface area contributed by atoms with Crippen molar-refractivity contribution in [2.75, 3.05) is 16.8 Å². The number of nitro benzene ring substituents is 1. The van der Waals surface area contributed by atoms with Gasteiger partial charge < -0.3 is 21.9 Å². The maximum Gasteiger partial charge on any atom is 0.271 e. The molecule has 0 atom stereocenters. The Morgan fingerprint density at radius 3 is 2.65 bits per heavy atom. The topological polar surface area (TPSA) is 145 Å². The number of nitrogens with zero attached hydrogens (tertiary/aromatic N) is 1. The van der Waals surface area contributed by atoms with Crippen LogP contribution in [0.5, 0.6) is 5.75 Å². The van der Waals surface area contributed by atoms with Gasteiger partial charge in [0.1, 0.15) is 5.75 Å². The van der Waals surface area contributed by atoms with Gasteiger partial charge in [0.25, 0.3) is 5.69 Å². The van der Waals surface area contributed by atoms with Crippen molar-refractivity contribution in [3.8, 4) is 5.75 Å². The first-order valence-corrected chi connectivity index (χ1v) is 6.48. The summed E-state index contributed by atoms with van der Waals surface area (Å²) in [5.74, 6) is -0.858. The molecule has 6 N–H and O–H groups in total. The summed E-state index contributed by atoms with van der Waals surface area (Å²) < 4.78 is 0. The van der Waals surface area contributed by atoms with Crippen molar-refractivity contribution < 1.29 is 14.8 Å². The van der Waals surface area contributed by atoms with E-state index in [9.17, 15) is 20.0 Å². The van der Waals surface area contributed by atoms with E-state index in [2.05, 4.69) is 5.32 Å². The van der Waals surface area contributed by atoms with Crippen molar-refractivity contribution in [2.24, 2.45) is 0 Å². The van der Waals surface area contributed by atoms with Gasteiger partial charge in [0, 0.05) is 29.6 Å². The number of anilines is 3. The van der Waals surface area contributed by atoms with Crippen LogP contribution in [0.3, 0.4) is 0 Å². The van der Waals surface area contributed by atoms with E-state index in [1.807, 2.05) is 0 Å². The summed E-state index contributed by atoms with van der Waals surface area (Å²) in [5, 5.41) is 22.7. The summed E-state index contributed by atoms with van der Waals surface area (Å²) >= 11 is 0. The molecule has 8 nitrogen and oxygen atoms in total. The van der Waals surface area contributed by atoms with Gasteiger partial charge in [-0.1, -0.05) is 0 Å². The molecule has 0 saturated heterocycles. The molecule has 0 saturated carbocycles. The minimum Gasteiger partial charge on any atom is -0.506 e. The van der Waals surface area contributed by atoms with E-state index >= 15 is 0 Å². The molecule has 8 heteroatoms. The molecule has 2 aromatic rings. The predicted octanol–water partition coefficient (Wildman–Crippen LogP) is 2.12. The monoisotopic (exact) mass is 314 g/mol. The highest BCUT2D eigenvalue weighted by molar-refractivity contribution is 6.03. The summed E-state index contributed by atoms with van der Waals surface area (Å²) in [6.45, 7) is 0. The number of nitrogens with two attached hydrogens (primary N) is 2. The van der Waals surface area contributed by atoms with Crippen LogP contribution in [0.15, 0.2) is 42.5 Å². The number of non-ortho nitro benzene ring substituents is 1. The van der Waals surface area contributed by atoms with Gasteiger partial charge in [0.15, 0.2) is 0 Å². The zero-order valence-electron chi connectivity index (χ0n) is 11.9. The summed E-state index contributed by atoms with van der Waals surface area (Å²) in [5.41, 5.74) is 12.6. The SMILES string of the molecule is Nc1ccc(N)c(C=CC(=O)Nc2cc([N+](=O)[O-])ccc2O)c1. The number of hydrogen-bond acceptors (Lipinski definition) is 6. The molecular formula is C15H14N4O4. The standard InChI is InChI=1S/C15H14N4O4/c16-10-2-4-12(17)9(7-10)1-6-15(21)18-13-8-11(19(22)23)3-5-14(13)20/h1-8,20H,16-17H2,(H,18,21). The van der Waals surface area contributed by atoms with Gasteiger partial charge in [-0.3, -0.25) is 14.9 Å². The summed E-state index contributed by atoms with van der Waals surface area (Å²) in [6.07, 6.45) is 2.64. The molecular weight excluding hydrogens is 300 g/mol. The average molecular weight is 314 g/mol. The second kappa shape index (κ2) is 6.48. The maximum atomic E-state index is 11.9. The van der Waals surface area contributed by atoms with Crippen molar-refractivity contribution in [3.63, 3.8) is 0 Å². The molecule has 0 aliphatic heterocycles. The lowest BCUT2D eigenvalue weighted by atomic mass is 10.1. The van der Waals surface area contributed by atoms with E-state index < -0.39 is 10.8 Å². The number of nitro groups is 1. The average Bonchev–Trinajstić information content (AvgIpc) is 2.50. The second-order valence-corrected chi connectivity index (χ2v) is 4.67. The number of rotatable bonds is 4. The largest absolute Gasteiger partial charge is 0.506 e. The van der Waals surface area contributed by atoms with Crippen LogP contribution in [0.2, 0.25) is 0 Å². The van der Waals surface area contributed by atoms with Crippen LogP contribution >= 0.6 is 0 Å². The van der Waals surface area contributed by atoms with Gasteiger partial charge in [-0.2, -0.15) is 0 Å². The van der Waals surface area contributed by atoms with E-state index in [1.165, 1.54) is 12.2 Å². The predicted molar refractivity (Wildman–Crippen MR) is 87.7 cm³/mol. The van der Waals surface area contributed by atoms with Crippen LogP contribution in [0.25, 0.3) is 6.08 Å². The summed E-state index contributed by atoms with van der Waals surface area (Å²) in [4.78, 5) is 21.9. The zero-order valence-corrected chi connectivity index (χ0v) is 11.9. The van der Waals surface area contributed by atoms with Crippen molar-refractivity contribution in [1.29, 1.82) is 0 Å².